The first-order valence-electron chi connectivity index (χ1n) is 12.4. The van der Waals surface area contributed by atoms with Crippen molar-refractivity contribution in [1.82, 2.24) is 5.32 Å². The van der Waals surface area contributed by atoms with Gasteiger partial charge in [0.25, 0.3) is 0 Å². The zero-order valence-corrected chi connectivity index (χ0v) is 21.3. The monoisotopic (exact) mass is 509 g/mol. The molecule has 4 aromatic rings. The van der Waals surface area contributed by atoms with E-state index in [2.05, 4.69) is 41.7 Å². The summed E-state index contributed by atoms with van der Waals surface area (Å²) in [6.45, 7) is 0.236. The SMILES string of the molecule is COC(=O)c1cscc1C1(NC(=O)OCC2c3ccccc3-c3ccccc32)CCc2ccccc2C1. The molecule has 2 aliphatic rings. The van der Waals surface area contributed by atoms with Crippen LogP contribution < -0.4 is 5.32 Å². The average Bonchev–Trinajstić information content (AvgIpc) is 3.55. The smallest absolute Gasteiger partial charge is 0.407 e. The Labute approximate surface area is 220 Å². The minimum atomic E-state index is -0.763. The van der Waals surface area contributed by atoms with Crippen LogP contribution in [0, 0.1) is 0 Å². The summed E-state index contributed by atoms with van der Waals surface area (Å²) in [6, 6.07) is 24.8. The van der Waals surface area contributed by atoms with Crippen LogP contribution in [0.2, 0.25) is 0 Å². The summed E-state index contributed by atoms with van der Waals surface area (Å²) in [5.74, 6) is -0.420. The molecule has 0 fully saturated rings. The maximum absolute atomic E-state index is 13.4. The normalized spacial score (nSPS) is 17.9. The molecule has 0 spiro atoms. The number of carbonyl (C=O) groups excluding carboxylic acids is 2. The first kappa shape index (κ1) is 23.5. The number of benzene rings is 3. The highest BCUT2D eigenvalue weighted by molar-refractivity contribution is 7.08. The Balaban J connectivity index is 1.28. The van der Waals surface area contributed by atoms with Crippen LogP contribution in [-0.4, -0.2) is 25.8 Å². The molecule has 6 rings (SSSR count). The Hall–Kier alpha value is -3.90. The molecule has 3 aromatic carbocycles. The number of ether oxygens (including phenoxy) is 2. The number of aryl methyl sites for hydroxylation is 1. The number of alkyl carbamates (subject to hydrolysis) is 1. The first-order chi connectivity index (χ1) is 18.1. The lowest BCUT2D eigenvalue weighted by molar-refractivity contribution is 0.0595. The van der Waals surface area contributed by atoms with Crippen LogP contribution in [0.4, 0.5) is 4.79 Å². The summed E-state index contributed by atoms with van der Waals surface area (Å²) in [6.07, 6.45) is 1.54. The van der Waals surface area contributed by atoms with E-state index < -0.39 is 17.6 Å². The third-order valence-electron chi connectivity index (χ3n) is 7.70. The molecule has 6 heteroatoms. The fraction of sp³-hybridized carbons (Fsp3) is 0.226. The predicted molar refractivity (Wildman–Crippen MR) is 144 cm³/mol. The quantitative estimate of drug-likeness (QED) is 0.314. The van der Waals surface area contributed by atoms with Gasteiger partial charge in [0, 0.05) is 23.3 Å². The van der Waals surface area contributed by atoms with Gasteiger partial charge in [-0.05, 0) is 51.6 Å². The molecule has 1 heterocycles. The van der Waals surface area contributed by atoms with E-state index in [1.165, 1.54) is 46.3 Å². The minimum Gasteiger partial charge on any atom is -0.465 e. The van der Waals surface area contributed by atoms with Gasteiger partial charge in [0.1, 0.15) is 6.61 Å². The first-order valence-corrected chi connectivity index (χ1v) is 13.4. The van der Waals surface area contributed by atoms with Crippen LogP contribution >= 0.6 is 11.3 Å². The molecule has 1 N–H and O–H groups in total. The molecule has 0 bridgehead atoms. The molecule has 0 saturated carbocycles. The summed E-state index contributed by atoms with van der Waals surface area (Å²) < 4.78 is 11.0. The summed E-state index contributed by atoms with van der Waals surface area (Å²) in [5.41, 5.74) is 7.66. The van der Waals surface area contributed by atoms with E-state index in [0.29, 0.717) is 18.4 Å². The average molecular weight is 510 g/mol. The maximum atomic E-state index is 13.4. The second-order valence-electron chi connectivity index (χ2n) is 9.67. The number of amides is 1. The molecule has 186 valence electrons. The third kappa shape index (κ3) is 4.11. The van der Waals surface area contributed by atoms with Crippen molar-refractivity contribution < 1.29 is 19.1 Å². The molecular weight excluding hydrogens is 482 g/mol. The van der Waals surface area contributed by atoms with Crippen molar-refractivity contribution in [2.24, 2.45) is 0 Å². The fourth-order valence-corrected chi connectivity index (χ4v) is 6.82. The summed E-state index contributed by atoms with van der Waals surface area (Å²) in [4.78, 5) is 26.0. The van der Waals surface area contributed by atoms with E-state index in [-0.39, 0.29) is 12.5 Å². The van der Waals surface area contributed by atoms with E-state index in [1.807, 2.05) is 41.8 Å². The van der Waals surface area contributed by atoms with E-state index in [0.717, 1.165) is 17.5 Å². The molecule has 5 nitrogen and oxygen atoms in total. The molecular formula is C31H27NO4S. The van der Waals surface area contributed by atoms with Crippen molar-refractivity contribution in [3.8, 4) is 11.1 Å². The lowest BCUT2D eigenvalue weighted by Gasteiger charge is -2.39. The Morgan fingerprint density at radius 1 is 0.919 bits per heavy atom. The number of esters is 1. The number of fused-ring (bicyclic) bond motifs is 4. The second-order valence-corrected chi connectivity index (χ2v) is 10.4. The van der Waals surface area contributed by atoms with Crippen molar-refractivity contribution in [2.75, 3.05) is 13.7 Å². The third-order valence-corrected chi connectivity index (χ3v) is 8.44. The van der Waals surface area contributed by atoms with Gasteiger partial charge in [0.15, 0.2) is 0 Å². The topological polar surface area (TPSA) is 64.6 Å². The summed E-state index contributed by atoms with van der Waals surface area (Å²) >= 11 is 1.44. The Morgan fingerprint density at radius 3 is 2.27 bits per heavy atom. The number of nitrogens with one attached hydrogen (secondary N) is 1. The standard InChI is InChI=1S/C31H27NO4S/c1-35-29(33)27-18-37-19-28(27)31(15-14-20-8-2-3-9-21(20)16-31)32-30(34)36-17-26-24-12-6-4-10-22(24)23-11-5-7-13-25(23)26/h2-13,18-19,26H,14-17H2,1H3,(H,32,34). The molecule has 1 amide bonds. The molecule has 0 saturated heterocycles. The Bertz CT molecular complexity index is 1450. The van der Waals surface area contributed by atoms with E-state index in [9.17, 15) is 9.59 Å². The number of thiophene rings is 1. The van der Waals surface area contributed by atoms with Crippen molar-refractivity contribution in [1.29, 1.82) is 0 Å². The van der Waals surface area contributed by atoms with Crippen molar-refractivity contribution >= 4 is 23.4 Å². The predicted octanol–water partition coefficient (Wildman–Crippen LogP) is 6.46. The van der Waals surface area contributed by atoms with Crippen LogP contribution in [0.5, 0.6) is 0 Å². The molecule has 0 radical (unpaired) electrons. The van der Waals surface area contributed by atoms with Gasteiger partial charge in [0.05, 0.1) is 18.2 Å². The molecule has 1 atom stereocenters. The van der Waals surface area contributed by atoms with Crippen LogP contribution in [0.15, 0.2) is 83.6 Å². The van der Waals surface area contributed by atoms with Crippen molar-refractivity contribution in [2.45, 2.75) is 30.7 Å². The number of methoxy groups -OCH3 is 1. The van der Waals surface area contributed by atoms with Crippen molar-refractivity contribution in [3.05, 3.63) is 117 Å². The lowest BCUT2D eigenvalue weighted by Crippen LogP contribution is -2.50. The van der Waals surface area contributed by atoms with Gasteiger partial charge in [-0.25, -0.2) is 9.59 Å². The maximum Gasteiger partial charge on any atom is 0.407 e. The van der Waals surface area contributed by atoms with Gasteiger partial charge in [-0.2, -0.15) is 11.3 Å². The van der Waals surface area contributed by atoms with Crippen LogP contribution in [-0.2, 0) is 27.9 Å². The molecule has 2 aliphatic carbocycles. The van der Waals surface area contributed by atoms with Crippen LogP contribution in [0.1, 0.15) is 50.5 Å². The number of carbonyl (C=O) groups is 2. The number of hydrogen-bond acceptors (Lipinski definition) is 5. The van der Waals surface area contributed by atoms with Crippen LogP contribution in [0.25, 0.3) is 11.1 Å². The number of rotatable bonds is 5. The Morgan fingerprint density at radius 2 is 1.57 bits per heavy atom. The minimum absolute atomic E-state index is 0.0204. The largest absolute Gasteiger partial charge is 0.465 e. The molecule has 0 aliphatic heterocycles. The molecule has 1 aromatic heterocycles. The van der Waals surface area contributed by atoms with Gasteiger partial charge >= 0.3 is 12.1 Å². The fourth-order valence-electron chi connectivity index (χ4n) is 5.90. The van der Waals surface area contributed by atoms with Gasteiger partial charge in [-0.1, -0.05) is 72.8 Å². The van der Waals surface area contributed by atoms with Crippen LogP contribution in [0.3, 0.4) is 0 Å². The lowest BCUT2D eigenvalue weighted by atomic mass is 9.73. The number of hydrogen-bond donors (Lipinski definition) is 1. The highest BCUT2D eigenvalue weighted by atomic mass is 32.1. The van der Waals surface area contributed by atoms with E-state index >= 15 is 0 Å². The van der Waals surface area contributed by atoms with Gasteiger partial charge in [-0.3, -0.25) is 0 Å². The zero-order valence-electron chi connectivity index (χ0n) is 20.5. The summed E-state index contributed by atoms with van der Waals surface area (Å²) in [5, 5.41) is 6.95. The molecule has 37 heavy (non-hydrogen) atoms. The highest BCUT2D eigenvalue weighted by Gasteiger charge is 2.41. The molecule has 1 unspecified atom stereocenters. The van der Waals surface area contributed by atoms with Gasteiger partial charge < -0.3 is 14.8 Å². The van der Waals surface area contributed by atoms with Gasteiger partial charge in [0.2, 0.25) is 0 Å². The van der Waals surface area contributed by atoms with E-state index in [1.54, 1.807) is 5.38 Å². The van der Waals surface area contributed by atoms with Crippen molar-refractivity contribution in [3.63, 3.8) is 0 Å². The van der Waals surface area contributed by atoms with E-state index in [4.69, 9.17) is 9.47 Å². The summed E-state index contributed by atoms with van der Waals surface area (Å²) in [7, 11) is 1.38. The highest BCUT2D eigenvalue weighted by Crippen LogP contribution is 2.45. The Kier molecular flexibility index (Phi) is 6.05. The second kappa shape index (κ2) is 9.52. The van der Waals surface area contributed by atoms with Gasteiger partial charge in [-0.15, -0.1) is 0 Å². The zero-order chi connectivity index (χ0) is 25.4.